The number of hydrogen-bond acceptors (Lipinski definition) is 3. The average molecular weight is 283 g/mol. The lowest BCUT2D eigenvalue weighted by Crippen LogP contribution is -2.22. The van der Waals surface area contributed by atoms with E-state index in [1.54, 1.807) is 23.0 Å². The maximum absolute atomic E-state index is 12.4. The van der Waals surface area contributed by atoms with Crippen LogP contribution in [0.2, 0.25) is 0 Å². The Kier molecular flexibility index (Phi) is 2.94. The number of hydrogen-bond donors (Lipinski definition) is 0. The summed E-state index contributed by atoms with van der Waals surface area (Å²) in [5.74, 6) is 1.64. The van der Waals surface area contributed by atoms with Crippen molar-refractivity contribution in [3.63, 3.8) is 0 Å². The van der Waals surface area contributed by atoms with Crippen molar-refractivity contribution in [2.75, 3.05) is 0 Å². The van der Waals surface area contributed by atoms with Crippen molar-refractivity contribution in [2.24, 2.45) is 13.0 Å². The van der Waals surface area contributed by atoms with Crippen LogP contribution >= 0.6 is 22.9 Å². The lowest BCUT2D eigenvalue weighted by Gasteiger charge is -2.17. The van der Waals surface area contributed by atoms with Crippen LogP contribution in [0.1, 0.15) is 29.6 Å². The lowest BCUT2D eigenvalue weighted by atomic mass is 9.89. The van der Waals surface area contributed by atoms with E-state index in [9.17, 15) is 4.79 Å². The number of aromatic nitrogens is 2. The van der Waals surface area contributed by atoms with Crippen LogP contribution in [0.4, 0.5) is 0 Å². The molecule has 0 amide bonds. The van der Waals surface area contributed by atoms with Gasteiger partial charge in [-0.3, -0.25) is 9.36 Å². The molecule has 0 aromatic carbocycles. The zero-order valence-electron chi connectivity index (χ0n) is 10.5. The third-order valence-corrected chi connectivity index (χ3v) is 5.14. The Balaban J connectivity index is 2.33. The Morgan fingerprint density at radius 3 is 3.06 bits per heavy atom. The molecule has 0 N–H and O–H groups in total. The predicted molar refractivity (Wildman–Crippen MR) is 75.6 cm³/mol. The fourth-order valence-corrected chi connectivity index (χ4v) is 4.26. The van der Waals surface area contributed by atoms with E-state index in [0.29, 0.717) is 11.7 Å². The minimum atomic E-state index is 0.0581. The summed E-state index contributed by atoms with van der Waals surface area (Å²) in [6.45, 7) is 2.27. The van der Waals surface area contributed by atoms with Gasteiger partial charge in [-0.15, -0.1) is 22.9 Å². The second kappa shape index (κ2) is 4.35. The number of fused-ring (bicyclic) bond motifs is 3. The van der Waals surface area contributed by atoms with Gasteiger partial charge < -0.3 is 0 Å². The first-order valence-corrected chi connectivity index (χ1v) is 7.53. The highest BCUT2D eigenvalue weighted by atomic mass is 35.5. The van der Waals surface area contributed by atoms with E-state index < -0.39 is 0 Å². The number of alkyl halides is 1. The topological polar surface area (TPSA) is 34.9 Å². The Bertz CT molecular complexity index is 674. The molecule has 2 aromatic heterocycles. The van der Waals surface area contributed by atoms with Gasteiger partial charge in [-0.2, -0.15) is 0 Å². The fourth-order valence-electron chi connectivity index (χ4n) is 2.63. The molecule has 18 heavy (non-hydrogen) atoms. The molecule has 0 fully saturated rings. The van der Waals surface area contributed by atoms with Crippen LogP contribution in [0.5, 0.6) is 0 Å². The SMILES string of the molecule is CC1CCc2c(sc3nc(CCl)n(C)c(=O)c23)C1. The van der Waals surface area contributed by atoms with Crippen LogP contribution in [0.3, 0.4) is 0 Å². The molecule has 3 rings (SSSR count). The molecule has 96 valence electrons. The predicted octanol–water partition coefficient (Wildman–Crippen LogP) is 2.86. The quantitative estimate of drug-likeness (QED) is 0.754. The first-order chi connectivity index (χ1) is 8.61. The minimum Gasteiger partial charge on any atom is -0.298 e. The Morgan fingerprint density at radius 2 is 2.33 bits per heavy atom. The van der Waals surface area contributed by atoms with E-state index in [0.717, 1.165) is 23.1 Å². The van der Waals surface area contributed by atoms with Crippen molar-refractivity contribution < 1.29 is 0 Å². The van der Waals surface area contributed by atoms with Gasteiger partial charge in [0.1, 0.15) is 10.7 Å². The van der Waals surface area contributed by atoms with Gasteiger partial charge in [0.15, 0.2) is 0 Å². The molecular formula is C13H15ClN2OS. The number of thiophene rings is 1. The number of rotatable bonds is 1. The van der Waals surface area contributed by atoms with Gasteiger partial charge >= 0.3 is 0 Å². The van der Waals surface area contributed by atoms with Crippen LogP contribution < -0.4 is 5.56 Å². The third kappa shape index (κ3) is 1.70. The third-order valence-electron chi connectivity index (χ3n) is 3.75. The smallest absolute Gasteiger partial charge is 0.262 e. The van der Waals surface area contributed by atoms with Crippen molar-refractivity contribution in [3.05, 3.63) is 26.6 Å². The Hall–Kier alpha value is -0.870. The summed E-state index contributed by atoms with van der Waals surface area (Å²) in [5.41, 5.74) is 1.30. The van der Waals surface area contributed by atoms with Gasteiger partial charge in [-0.25, -0.2) is 4.98 Å². The van der Waals surface area contributed by atoms with Gasteiger partial charge in [-0.1, -0.05) is 6.92 Å². The number of aryl methyl sites for hydroxylation is 1. The zero-order valence-corrected chi connectivity index (χ0v) is 12.1. The normalized spacial score (nSPS) is 19.2. The molecule has 0 spiro atoms. The molecule has 2 heterocycles. The van der Waals surface area contributed by atoms with Crippen molar-refractivity contribution in [2.45, 2.75) is 32.1 Å². The number of halogens is 1. The summed E-state index contributed by atoms with van der Waals surface area (Å²) in [6.07, 6.45) is 3.25. The van der Waals surface area contributed by atoms with Gasteiger partial charge in [0.05, 0.1) is 11.3 Å². The maximum Gasteiger partial charge on any atom is 0.262 e. The minimum absolute atomic E-state index is 0.0581. The zero-order chi connectivity index (χ0) is 12.9. The molecule has 3 nitrogen and oxygen atoms in total. The van der Waals surface area contributed by atoms with Crippen molar-refractivity contribution in [1.29, 1.82) is 0 Å². The van der Waals surface area contributed by atoms with E-state index in [4.69, 9.17) is 11.6 Å². The molecule has 5 heteroatoms. The second-order valence-corrected chi connectivity index (χ2v) is 6.41. The van der Waals surface area contributed by atoms with Crippen LogP contribution in [-0.2, 0) is 25.8 Å². The van der Waals surface area contributed by atoms with E-state index in [-0.39, 0.29) is 11.4 Å². The number of nitrogens with zero attached hydrogens (tertiary/aromatic N) is 2. The summed E-state index contributed by atoms with van der Waals surface area (Å²) in [5, 5.41) is 0.832. The van der Waals surface area contributed by atoms with E-state index in [2.05, 4.69) is 11.9 Å². The molecule has 1 unspecified atom stereocenters. The summed E-state index contributed by atoms with van der Waals surface area (Å²) in [6, 6.07) is 0. The molecule has 0 saturated carbocycles. The van der Waals surface area contributed by atoms with Crippen molar-refractivity contribution in [3.8, 4) is 0 Å². The Morgan fingerprint density at radius 1 is 1.56 bits per heavy atom. The molecule has 1 aliphatic rings. The summed E-state index contributed by atoms with van der Waals surface area (Å²) in [4.78, 5) is 19.1. The molecular weight excluding hydrogens is 268 g/mol. The van der Waals surface area contributed by atoms with E-state index >= 15 is 0 Å². The highest BCUT2D eigenvalue weighted by Gasteiger charge is 2.23. The Labute approximate surface area is 114 Å². The standard InChI is InChI=1S/C13H15ClN2OS/c1-7-3-4-8-9(5-7)18-12-11(8)13(17)16(2)10(6-14)15-12/h7H,3-6H2,1-2H3. The van der Waals surface area contributed by atoms with E-state index in [1.807, 2.05) is 0 Å². The van der Waals surface area contributed by atoms with Gasteiger partial charge in [0.25, 0.3) is 5.56 Å². The van der Waals surface area contributed by atoms with Crippen LogP contribution in [0.15, 0.2) is 4.79 Å². The first kappa shape index (κ1) is 12.2. The molecule has 2 aromatic rings. The summed E-state index contributed by atoms with van der Waals surface area (Å²) < 4.78 is 1.58. The summed E-state index contributed by atoms with van der Waals surface area (Å²) >= 11 is 7.51. The average Bonchev–Trinajstić information content (AvgIpc) is 2.70. The molecule has 0 saturated heterocycles. The first-order valence-electron chi connectivity index (χ1n) is 6.18. The largest absolute Gasteiger partial charge is 0.298 e. The van der Waals surface area contributed by atoms with Crippen LogP contribution in [0, 0.1) is 5.92 Å². The maximum atomic E-state index is 12.4. The van der Waals surface area contributed by atoms with Crippen LogP contribution in [-0.4, -0.2) is 9.55 Å². The monoisotopic (exact) mass is 282 g/mol. The fraction of sp³-hybridized carbons (Fsp3) is 0.538. The molecule has 0 aliphatic heterocycles. The molecule has 1 atom stereocenters. The van der Waals surface area contributed by atoms with Crippen LogP contribution in [0.25, 0.3) is 10.2 Å². The van der Waals surface area contributed by atoms with Gasteiger partial charge in [0.2, 0.25) is 0 Å². The second-order valence-electron chi connectivity index (χ2n) is 5.06. The molecule has 0 radical (unpaired) electrons. The van der Waals surface area contributed by atoms with Crippen molar-refractivity contribution in [1.82, 2.24) is 9.55 Å². The van der Waals surface area contributed by atoms with Gasteiger partial charge in [-0.05, 0) is 30.7 Å². The van der Waals surface area contributed by atoms with Crippen molar-refractivity contribution >= 4 is 33.2 Å². The molecule has 0 bridgehead atoms. The molecule has 1 aliphatic carbocycles. The van der Waals surface area contributed by atoms with E-state index in [1.165, 1.54) is 16.9 Å². The lowest BCUT2D eigenvalue weighted by molar-refractivity contribution is 0.509. The highest BCUT2D eigenvalue weighted by Crippen LogP contribution is 2.35. The highest BCUT2D eigenvalue weighted by molar-refractivity contribution is 7.18. The summed E-state index contributed by atoms with van der Waals surface area (Å²) in [7, 11) is 1.75. The van der Waals surface area contributed by atoms with Gasteiger partial charge in [0, 0.05) is 11.9 Å².